The van der Waals surface area contributed by atoms with E-state index >= 15 is 0 Å². The van der Waals surface area contributed by atoms with Crippen LogP contribution in [-0.2, 0) is 5.41 Å². The molecule has 2 N–H and O–H groups in total. The second kappa shape index (κ2) is 9.32. The molecule has 0 spiro atoms. The van der Waals surface area contributed by atoms with Gasteiger partial charge in [0.05, 0.1) is 0 Å². The molecule has 0 saturated carbocycles. The molecule has 0 atom stereocenters. The summed E-state index contributed by atoms with van der Waals surface area (Å²) in [5, 5.41) is 16.2. The molecule has 0 unspecified atom stereocenters. The van der Waals surface area contributed by atoms with E-state index in [1.807, 2.05) is 0 Å². The molecular formula is C19H26O2. The van der Waals surface area contributed by atoms with Crippen LogP contribution in [0.25, 0.3) is 0 Å². The fraction of sp³-hybridized carbons (Fsp3) is 0.368. The lowest BCUT2D eigenvalue weighted by Gasteiger charge is -2.25. The zero-order chi connectivity index (χ0) is 15.6. The van der Waals surface area contributed by atoms with E-state index in [0.29, 0.717) is 0 Å². The van der Waals surface area contributed by atoms with Crippen LogP contribution in [0.1, 0.15) is 37.8 Å². The molecule has 21 heavy (non-hydrogen) atoms. The molecule has 0 fully saturated rings. The van der Waals surface area contributed by atoms with Gasteiger partial charge in [-0.2, -0.15) is 0 Å². The van der Waals surface area contributed by atoms with Gasteiger partial charge < -0.3 is 10.2 Å². The van der Waals surface area contributed by atoms with Gasteiger partial charge in [-0.3, -0.25) is 0 Å². The smallest absolute Gasteiger partial charge is 0.0431 e. The van der Waals surface area contributed by atoms with Crippen molar-refractivity contribution in [3.63, 3.8) is 0 Å². The van der Waals surface area contributed by atoms with Crippen molar-refractivity contribution in [3.05, 3.63) is 71.8 Å². The van der Waals surface area contributed by atoms with Gasteiger partial charge >= 0.3 is 0 Å². The number of hydrogen-bond donors (Lipinski definition) is 2. The summed E-state index contributed by atoms with van der Waals surface area (Å²) < 4.78 is 0. The van der Waals surface area contributed by atoms with Crippen molar-refractivity contribution in [3.8, 4) is 0 Å². The molecule has 0 radical (unpaired) electrons. The first-order valence-corrected chi connectivity index (χ1v) is 7.45. The van der Waals surface area contributed by atoms with E-state index in [2.05, 4.69) is 74.5 Å². The highest BCUT2D eigenvalue weighted by Gasteiger charge is 2.21. The monoisotopic (exact) mass is 286 g/mol. The number of rotatable bonds is 5. The van der Waals surface area contributed by atoms with Crippen LogP contribution < -0.4 is 0 Å². The molecular weight excluding hydrogens is 260 g/mol. The molecule has 0 amide bonds. The Hall–Kier alpha value is -1.64. The van der Waals surface area contributed by atoms with Crippen molar-refractivity contribution in [1.29, 1.82) is 0 Å². The van der Waals surface area contributed by atoms with Crippen molar-refractivity contribution in [2.45, 2.75) is 32.1 Å². The minimum Gasteiger partial charge on any atom is -0.396 e. The average Bonchev–Trinajstić information content (AvgIpc) is 2.55. The van der Waals surface area contributed by atoms with Crippen LogP contribution in [0.5, 0.6) is 0 Å². The van der Waals surface area contributed by atoms with E-state index in [9.17, 15) is 0 Å². The van der Waals surface area contributed by atoms with E-state index in [0.717, 1.165) is 12.8 Å². The lowest BCUT2D eigenvalue weighted by atomic mass is 9.78. The quantitative estimate of drug-likeness (QED) is 0.822. The molecule has 0 aromatic heterocycles. The second-order valence-corrected chi connectivity index (χ2v) is 5.51. The standard InChI is InChI=1S/C15H16.C4H10O2/c1-15(2,13-9-5-3-6-10-13)14-11-7-4-8-12-14;5-3-1-2-4-6/h3-12H,1-2H3;5-6H,1-4H2. The van der Waals surface area contributed by atoms with E-state index in [4.69, 9.17) is 10.2 Å². The summed E-state index contributed by atoms with van der Waals surface area (Å²) in [5.74, 6) is 0. The first kappa shape index (κ1) is 17.4. The molecule has 2 rings (SSSR count). The van der Waals surface area contributed by atoms with Gasteiger partial charge in [-0.15, -0.1) is 0 Å². The molecule has 0 aliphatic heterocycles. The predicted molar refractivity (Wildman–Crippen MR) is 88.4 cm³/mol. The average molecular weight is 286 g/mol. The Morgan fingerprint density at radius 2 is 1.00 bits per heavy atom. The number of hydrogen-bond acceptors (Lipinski definition) is 2. The number of unbranched alkanes of at least 4 members (excludes halogenated alkanes) is 1. The van der Waals surface area contributed by atoms with Crippen LogP contribution in [0, 0.1) is 0 Å². The molecule has 0 saturated heterocycles. The zero-order valence-electron chi connectivity index (χ0n) is 13.0. The third-order valence-corrected chi connectivity index (χ3v) is 3.56. The van der Waals surface area contributed by atoms with Crippen LogP contribution in [0.15, 0.2) is 60.7 Å². The Morgan fingerprint density at radius 3 is 1.29 bits per heavy atom. The molecule has 114 valence electrons. The van der Waals surface area contributed by atoms with Gasteiger partial charge in [0.2, 0.25) is 0 Å². The summed E-state index contributed by atoms with van der Waals surface area (Å²) in [4.78, 5) is 0. The fourth-order valence-corrected chi connectivity index (χ4v) is 2.10. The van der Waals surface area contributed by atoms with Gasteiger partial charge in [-0.25, -0.2) is 0 Å². The maximum atomic E-state index is 8.09. The van der Waals surface area contributed by atoms with Gasteiger partial charge in [-0.1, -0.05) is 74.5 Å². The van der Waals surface area contributed by atoms with Crippen LogP contribution >= 0.6 is 0 Å². The van der Waals surface area contributed by atoms with E-state index in [-0.39, 0.29) is 18.6 Å². The van der Waals surface area contributed by atoms with E-state index in [1.165, 1.54) is 11.1 Å². The lowest BCUT2D eigenvalue weighted by molar-refractivity contribution is 0.242. The van der Waals surface area contributed by atoms with Crippen molar-refractivity contribution < 1.29 is 10.2 Å². The highest BCUT2D eigenvalue weighted by Crippen LogP contribution is 2.30. The molecule has 0 aliphatic carbocycles. The molecule has 2 nitrogen and oxygen atoms in total. The van der Waals surface area contributed by atoms with Crippen LogP contribution in [0.3, 0.4) is 0 Å². The Balaban J connectivity index is 0.000000315. The first-order chi connectivity index (χ1) is 10.1. The van der Waals surface area contributed by atoms with Crippen LogP contribution in [0.4, 0.5) is 0 Å². The minimum atomic E-state index is 0.0858. The zero-order valence-corrected chi connectivity index (χ0v) is 13.0. The Labute approximate surface area is 128 Å². The summed E-state index contributed by atoms with van der Waals surface area (Å²) in [6, 6.07) is 21.3. The third-order valence-electron chi connectivity index (χ3n) is 3.56. The molecule has 0 aliphatic rings. The normalized spacial score (nSPS) is 10.7. The summed E-state index contributed by atoms with van der Waals surface area (Å²) in [6.07, 6.45) is 1.44. The molecule has 0 bridgehead atoms. The molecule has 2 aromatic rings. The second-order valence-electron chi connectivity index (χ2n) is 5.51. The highest BCUT2D eigenvalue weighted by atomic mass is 16.3. The topological polar surface area (TPSA) is 40.5 Å². The first-order valence-electron chi connectivity index (χ1n) is 7.45. The maximum Gasteiger partial charge on any atom is 0.0431 e. The number of aliphatic hydroxyl groups is 2. The summed E-state index contributed by atoms with van der Waals surface area (Å²) in [6.45, 7) is 4.91. The maximum absolute atomic E-state index is 8.09. The third kappa shape index (κ3) is 5.70. The van der Waals surface area contributed by atoms with Gasteiger partial charge in [0.15, 0.2) is 0 Å². The Kier molecular flexibility index (Phi) is 7.73. The van der Waals surface area contributed by atoms with Crippen molar-refractivity contribution in [2.75, 3.05) is 13.2 Å². The highest BCUT2D eigenvalue weighted by molar-refractivity contribution is 5.36. The molecule has 2 aromatic carbocycles. The lowest BCUT2D eigenvalue weighted by Crippen LogP contribution is -2.18. The van der Waals surface area contributed by atoms with Gasteiger partial charge in [0, 0.05) is 18.6 Å². The Bertz CT molecular complexity index is 432. The van der Waals surface area contributed by atoms with E-state index in [1.54, 1.807) is 0 Å². The van der Waals surface area contributed by atoms with Crippen molar-refractivity contribution in [2.24, 2.45) is 0 Å². The fourth-order valence-electron chi connectivity index (χ4n) is 2.10. The van der Waals surface area contributed by atoms with Gasteiger partial charge in [0.1, 0.15) is 0 Å². The summed E-state index contributed by atoms with van der Waals surface area (Å²) >= 11 is 0. The SMILES string of the molecule is CC(C)(c1ccccc1)c1ccccc1.OCCCCO. The minimum absolute atomic E-state index is 0.0858. The van der Waals surface area contributed by atoms with E-state index < -0.39 is 0 Å². The van der Waals surface area contributed by atoms with Crippen LogP contribution in [-0.4, -0.2) is 23.4 Å². The van der Waals surface area contributed by atoms with Gasteiger partial charge in [-0.05, 0) is 24.0 Å². The molecule has 0 heterocycles. The number of benzene rings is 2. The summed E-state index contributed by atoms with van der Waals surface area (Å²) in [5.41, 5.74) is 2.80. The van der Waals surface area contributed by atoms with Crippen molar-refractivity contribution in [1.82, 2.24) is 0 Å². The Morgan fingerprint density at radius 1 is 0.667 bits per heavy atom. The van der Waals surface area contributed by atoms with Crippen molar-refractivity contribution >= 4 is 0 Å². The predicted octanol–water partition coefficient (Wildman–Crippen LogP) is 3.76. The summed E-state index contributed by atoms with van der Waals surface area (Å²) in [7, 11) is 0. The van der Waals surface area contributed by atoms with Gasteiger partial charge in [0.25, 0.3) is 0 Å². The number of aliphatic hydroxyl groups excluding tert-OH is 2. The van der Waals surface area contributed by atoms with Crippen LogP contribution in [0.2, 0.25) is 0 Å². The largest absolute Gasteiger partial charge is 0.396 e. The molecule has 2 heteroatoms.